The van der Waals surface area contributed by atoms with Gasteiger partial charge in [-0.15, -0.1) is 11.3 Å². The van der Waals surface area contributed by atoms with Crippen molar-refractivity contribution in [2.45, 2.75) is 6.92 Å². The van der Waals surface area contributed by atoms with Crippen molar-refractivity contribution in [1.82, 2.24) is 9.88 Å². The maximum Gasteiger partial charge on any atom is 0.273 e. The Hall–Kier alpha value is -3.52. The van der Waals surface area contributed by atoms with Crippen LogP contribution in [0.1, 0.15) is 38.1 Å². The van der Waals surface area contributed by atoms with Crippen LogP contribution in [0.25, 0.3) is 0 Å². The van der Waals surface area contributed by atoms with E-state index in [-0.39, 0.29) is 17.6 Å². The van der Waals surface area contributed by atoms with Crippen LogP contribution in [0, 0.1) is 0 Å². The van der Waals surface area contributed by atoms with E-state index in [0.717, 1.165) is 5.69 Å². The lowest BCUT2D eigenvalue weighted by Crippen LogP contribution is -2.48. The predicted molar refractivity (Wildman–Crippen MR) is 121 cm³/mol. The molecule has 1 aliphatic heterocycles. The largest absolute Gasteiger partial charge is 0.368 e. The first kappa shape index (κ1) is 20.7. The molecule has 3 aromatic rings. The Bertz CT molecular complexity index is 1090. The topological polar surface area (TPSA) is 82.6 Å². The van der Waals surface area contributed by atoms with Crippen LogP contribution in [-0.2, 0) is 0 Å². The van der Waals surface area contributed by atoms with Gasteiger partial charge in [0, 0.05) is 48.4 Å². The van der Waals surface area contributed by atoms with Gasteiger partial charge >= 0.3 is 0 Å². The number of hydrogen-bond donors (Lipinski definition) is 1. The number of piperazine rings is 1. The summed E-state index contributed by atoms with van der Waals surface area (Å²) in [4.78, 5) is 44.8. The Kier molecular flexibility index (Phi) is 6.08. The molecule has 1 aromatic heterocycles. The first-order chi connectivity index (χ1) is 15.0. The van der Waals surface area contributed by atoms with Gasteiger partial charge in [-0.1, -0.05) is 18.2 Å². The molecule has 31 heavy (non-hydrogen) atoms. The molecule has 8 heteroatoms. The minimum atomic E-state index is -0.252. The van der Waals surface area contributed by atoms with Gasteiger partial charge in [-0.25, -0.2) is 4.98 Å². The Morgan fingerprint density at radius 1 is 0.903 bits per heavy atom. The quantitative estimate of drug-likeness (QED) is 0.621. The summed E-state index contributed by atoms with van der Waals surface area (Å²) >= 11 is 1.24. The van der Waals surface area contributed by atoms with E-state index in [4.69, 9.17) is 0 Å². The maximum absolute atomic E-state index is 12.8. The molecule has 1 saturated heterocycles. The summed E-state index contributed by atoms with van der Waals surface area (Å²) in [5.74, 6) is -0.342. The fraction of sp³-hybridized carbons (Fsp3) is 0.217. The smallest absolute Gasteiger partial charge is 0.273 e. The fourth-order valence-electron chi connectivity index (χ4n) is 3.42. The van der Waals surface area contributed by atoms with Crippen LogP contribution in [0.15, 0.2) is 60.0 Å². The number of benzene rings is 2. The van der Waals surface area contributed by atoms with E-state index in [0.29, 0.717) is 48.1 Å². The number of hydrogen-bond acceptors (Lipinski definition) is 6. The SMILES string of the molecule is CC(=O)c1ccc(N2CCN(C(=O)c3csc(NC(=O)c4ccccc4)n3)CC2)cc1. The van der Waals surface area contributed by atoms with Gasteiger partial charge in [-0.3, -0.25) is 19.7 Å². The van der Waals surface area contributed by atoms with Gasteiger partial charge < -0.3 is 9.80 Å². The van der Waals surface area contributed by atoms with Crippen molar-refractivity contribution in [3.05, 3.63) is 76.8 Å². The van der Waals surface area contributed by atoms with E-state index in [2.05, 4.69) is 15.2 Å². The van der Waals surface area contributed by atoms with Crippen molar-refractivity contribution in [2.75, 3.05) is 36.4 Å². The molecule has 0 bridgehead atoms. The van der Waals surface area contributed by atoms with Gasteiger partial charge in [0.15, 0.2) is 10.9 Å². The summed E-state index contributed by atoms with van der Waals surface area (Å²) < 4.78 is 0. The summed E-state index contributed by atoms with van der Waals surface area (Å²) in [5.41, 5.74) is 2.61. The number of carbonyl (C=O) groups is 3. The van der Waals surface area contributed by atoms with Gasteiger partial charge in [0.05, 0.1) is 0 Å². The lowest BCUT2D eigenvalue weighted by Gasteiger charge is -2.35. The zero-order chi connectivity index (χ0) is 21.8. The number of aromatic nitrogens is 1. The Balaban J connectivity index is 1.34. The minimum Gasteiger partial charge on any atom is -0.368 e. The molecule has 4 rings (SSSR count). The number of rotatable bonds is 5. The average Bonchev–Trinajstić information content (AvgIpc) is 3.28. The van der Waals surface area contributed by atoms with E-state index in [1.165, 1.54) is 11.3 Å². The van der Waals surface area contributed by atoms with Crippen LogP contribution in [0.5, 0.6) is 0 Å². The molecule has 1 fully saturated rings. The molecule has 2 heterocycles. The molecule has 1 N–H and O–H groups in total. The molecule has 7 nitrogen and oxygen atoms in total. The summed E-state index contributed by atoms with van der Waals surface area (Å²) in [6.45, 7) is 4.11. The summed E-state index contributed by atoms with van der Waals surface area (Å²) in [5, 5.41) is 4.82. The highest BCUT2D eigenvalue weighted by Gasteiger charge is 2.24. The van der Waals surface area contributed by atoms with Crippen LogP contribution in [0.3, 0.4) is 0 Å². The second-order valence-corrected chi connectivity index (χ2v) is 8.10. The number of carbonyl (C=O) groups excluding carboxylic acids is 3. The lowest BCUT2D eigenvalue weighted by molar-refractivity contribution is 0.0741. The number of nitrogens with one attached hydrogen (secondary N) is 1. The van der Waals surface area contributed by atoms with E-state index in [1.54, 1.807) is 41.5 Å². The molecule has 1 aliphatic rings. The molecule has 158 valence electrons. The van der Waals surface area contributed by atoms with E-state index in [1.807, 2.05) is 30.3 Å². The first-order valence-electron chi connectivity index (χ1n) is 9.98. The number of nitrogens with zero attached hydrogens (tertiary/aromatic N) is 3. The Morgan fingerprint density at radius 2 is 1.58 bits per heavy atom. The van der Waals surface area contributed by atoms with Gasteiger partial charge in [0.2, 0.25) is 0 Å². The van der Waals surface area contributed by atoms with Crippen LogP contribution < -0.4 is 10.2 Å². The van der Waals surface area contributed by atoms with Crippen LogP contribution >= 0.6 is 11.3 Å². The van der Waals surface area contributed by atoms with Crippen molar-refractivity contribution < 1.29 is 14.4 Å². The molecule has 2 amide bonds. The first-order valence-corrected chi connectivity index (χ1v) is 10.9. The zero-order valence-electron chi connectivity index (χ0n) is 17.1. The summed E-state index contributed by atoms with van der Waals surface area (Å²) in [7, 11) is 0. The standard InChI is InChI=1S/C23H22N4O3S/c1-16(28)17-7-9-19(10-8-17)26-11-13-27(14-12-26)22(30)20-15-31-23(24-20)25-21(29)18-5-3-2-4-6-18/h2-10,15H,11-14H2,1H3,(H,24,25,29). The van der Waals surface area contributed by atoms with Crippen LogP contribution in [0.4, 0.5) is 10.8 Å². The molecular formula is C23H22N4O3S. The third kappa shape index (κ3) is 4.80. The molecule has 0 aliphatic carbocycles. The Labute approximate surface area is 184 Å². The van der Waals surface area contributed by atoms with Crippen molar-refractivity contribution in [1.29, 1.82) is 0 Å². The summed E-state index contributed by atoms with van der Waals surface area (Å²) in [6, 6.07) is 16.4. The van der Waals surface area contributed by atoms with Crippen molar-refractivity contribution in [2.24, 2.45) is 0 Å². The normalized spacial score (nSPS) is 13.7. The zero-order valence-corrected chi connectivity index (χ0v) is 17.9. The highest BCUT2D eigenvalue weighted by Crippen LogP contribution is 2.21. The van der Waals surface area contributed by atoms with E-state index in [9.17, 15) is 14.4 Å². The van der Waals surface area contributed by atoms with Crippen molar-refractivity contribution in [3.8, 4) is 0 Å². The Morgan fingerprint density at radius 3 is 2.23 bits per heavy atom. The van der Waals surface area contributed by atoms with Crippen molar-refractivity contribution >= 4 is 39.8 Å². The molecule has 0 spiro atoms. The van der Waals surface area contributed by atoms with Gasteiger partial charge in [-0.05, 0) is 43.3 Å². The van der Waals surface area contributed by atoms with Crippen LogP contribution in [0.2, 0.25) is 0 Å². The molecule has 0 saturated carbocycles. The molecule has 2 aromatic carbocycles. The predicted octanol–water partition coefficient (Wildman–Crippen LogP) is 3.56. The molecular weight excluding hydrogens is 412 g/mol. The fourth-order valence-corrected chi connectivity index (χ4v) is 4.10. The number of anilines is 2. The lowest BCUT2D eigenvalue weighted by atomic mass is 10.1. The number of amides is 2. The van der Waals surface area contributed by atoms with Gasteiger partial charge in [0.25, 0.3) is 11.8 Å². The second kappa shape index (κ2) is 9.09. The van der Waals surface area contributed by atoms with Crippen molar-refractivity contribution in [3.63, 3.8) is 0 Å². The van der Waals surface area contributed by atoms with Gasteiger partial charge in [-0.2, -0.15) is 0 Å². The highest BCUT2D eigenvalue weighted by atomic mass is 32.1. The average molecular weight is 435 g/mol. The minimum absolute atomic E-state index is 0.0459. The molecule has 0 atom stereocenters. The third-order valence-electron chi connectivity index (χ3n) is 5.19. The third-order valence-corrected chi connectivity index (χ3v) is 5.94. The summed E-state index contributed by atoms with van der Waals surface area (Å²) in [6.07, 6.45) is 0. The second-order valence-electron chi connectivity index (χ2n) is 7.24. The van der Waals surface area contributed by atoms with Gasteiger partial charge in [0.1, 0.15) is 5.69 Å². The number of thiazole rings is 1. The number of ketones is 1. The number of Topliss-reactive ketones (excluding diaryl/α,β-unsaturated/α-hetero) is 1. The maximum atomic E-state index is 12.8. The molecule has 0 unspecified atom stereocenters. The van der Waals surface area contributed by atoms with E-state index >= 15 is 0 Å². The monoisotopic (exact) mass is 434 g/mol. The van der Waals surface area contributed by atoms with E-state index < -0.39 is 0 Å². The highest BCUT2D eigenvalue weighted by molar-refractivity contribution is 7.14. The van der Waals surface area contributed by atoms with Crippen LogP contribution in [-0.4, -0.2) is 53.7 Å². The molecule has 0 radical (unpaired) electrons.